The van der Waals surface area contributed by atoms with E-state index in [1.807, 2.05) is 13.8 Å². The van der Waals surface area contributed by atoms with E-state index in [9.17, 15) is 19.2 Å². The molecular formula is C43H70N2O12. The molecule has 8 atom stereocenters. The van der Waals surface area contributed by atoms with E-state index in [2.05, 4.69) is 23.8 Å². The van der Waals surface area contributed by atoms with Crippen LogP contribution in [-0.2, 0) is 47.5 Å². The zero-order valence-electron chi connectivity index (χ0n) is 34.6. The fraction of sp³-hybridized carbons (Fsp3) is 0.814. The number of amides is 2. The predicted molar refractivity (Wildman–Crippen MR) is 212 cm³/mol. The predicted octanol–water partition coefficient (Wildman–Crippen LogP) is 6.44. The highest BCUT2D eigenvalue weighted by Crippen LogP contribution is 2.42. The largest absolute Gasteiger partial charge is 0.461 e. The summed E-state index contributed by atoms with van der Waals surface area (Å²) in [4.78, 5) is 48.0. The highest BCUT2D eigenvalue weighted by atomic mass is 16.6. The van der Waals surface area contributed by atoms with Gasteiger partial charge in [0.15, 0.2) is 12.2 Å². The van der Waals surface area contributed by atoms with Crippen LogP contribution in [0.15, 0.2) is 25.3 Å². The minimum atomic E-state index is -0.654. The van der Waals surface area contributed by atoms with Crippen LogP contribution in [0, 0.1) is 29.1 Å². The molecule has 2 N–H and O–H groups in total. The second-order valence-electron chi connectivity index (χ2n) is 17.0. The monoisotopic (exact) mass is 806 g/mol. The second-order valence-corrected chi connectivity index (χ2v) is 17.0. The number of hydrogen-bond acceptors (Lipinski definition) is 12. The van der Waals surface area contributed by atoms with Crippen LogP contribution in [0.25, 0.3) is 0 Å². The lowest BCUT2D eigenvalue weighted by molar-refractivity contribution is -0.138. The molecule has 0 aromatic heterocycles. The van der Waals surface area contributed by atoms with Crippen LogP contribution >= 0.6 is 0 Å². The molecule has 0 aliphatic heterocycles. The Labute approximate surface area is 339 Å². The molecule has 0 bridgehead atoms. The first-order chi connectivity index (χ1) is 27.5. The molecular weight excluding hydrogens is 736 g/mol. The molecule has 4 fully saturated rings. The molecule has 0 spiro atoms. The average molecular weight is 807 g/mol. The van der Waals surface area contributed by atoms with Gasteiger partial charge in [-0.3, -0.25) is 0 Å². The molecule has 2 amide bonds. The van der Waals surface area contributed by atoms with Crippen LogP contribution in [0.4, 0.5) is 9.59 Å². The first-order valence-electron chi connectivity index (χ1n) is 21.4. The van der Waals surface area contributed by atoms with E-state index in [1.165, 1.54) is 64.2 Å². The number of hydrogen-bond donors (Lipinski definition) is 2. The summed E-state index contributed by atoms with van der Waals surface area (Å²) in [7, 11) is 0. The second kappa shape index (κ2) is 25.3. The van der Waals surface area contributed by atoms with Gasteiger partial charge in [-0.15, -0.1) is 0 Å². The Kier molecular flexibility index (Phi) is 20.7. The molecule has 324 valence electrons. The smallest absolute Gasteiger partial charge is 0.407 e. The van der Waals surface area contributed by atoms with Gasteiger partial charge in [0.1, 0.15) is 13.2 Å². The van der Waals surface area contributed by atoms with E-state index in [-0.39, 0.29) is 64.9 Å². The van der Waals surface area contributed by atoms with Crippen LogP contribution in [0.5, 0.6) is 0 Å². The lowest BCUT2D eigenvalue weighted by Crippen LogP contribution is -2.39. The van der Waals surface area contributed by atoms with Crippen LogP contribution in [-0.4, -0.2) is 114 Å². The zero-order chi connectivity index (χ0) is 40.9. The highest BCUT2D eigenvalue weighted by molar-refractivity contribution is 5.81. The third kappa shape index (κ3) is 18.1. The van der Waals surface area contributed by atoms with Crippen molar-refractivity contribution in [2.75, 3.05) is 65.9 Å². The van der Waals surface area contributed by atoms with Crippen LogP contribution in [0.3, 0.4) is 0 Å². The van der Waals surface area contributed by atoms with E-state index in [4.69, 9.17) is 37.9 Å². The summed E-state index contributed by atoms with van der Waals surface area (Å²) in [6.45, 7) is 12.2. The maximum Gasteiger partial charge on any atom is 0.407 e. The van der Waals surface area contributed by atoms with Crippen molar-refractivity contribution in [2.24, 2.45) is 29.1 Å². The van der Waals surface area contributed by atoms with Gasteiger partial charge in [-0.2, -0.15) is 0 Å². The van der Waals surface area contributed by atoms with E-state index in [0.29, 0.717) is 25.0 Å². The Hall–Kier alpha value is -3.20. The number of esters is 2. The molecule has 14 nitrogen and oxygen atoms in total. The molecule has 0 heterocycles. The van der Waals surface area contributed by atoms with Gasteiger partial charge in [0.2, 0.25) is 0 Å². The fourth-order valence-electron chi connectivity index (χ4n) is 8.77. The van der Waals surface area contributed by atoms with Crippen molar-refractivity contribution in [3.63, 3.8) is 0 Å². The summed E-state index contributed by atoms with van der Waals surface area (Å²) >= 11 is 0. The van der Waals surface area contributed by atoms with E-state index >= 15 is 0 Å². The molecule has 8 unspecified atom stereocenters. The Morgan fingerprint density at radius 3 is 1.40 bits per heavy atom. The van der Waals surface area contributed by atoms with Gasteiger partial charge in [-0.05, 0) is 62.2 Å². The standard InChI is InChI=1S/C43H70N2O12/c1-5-39(46)52-21-19-44-41(48)56-37(27-54-35-17-15-31-11-7-9-13-33(31)23-35)25-50-29-43(3,4)30-51-26-38(57-42(49)45-20-22-53-40(47)6-2)28-55-36-18-16-32-12-8-10-14-34(32)24-36/h5-6,31-38H,1-2,7-30H2,3-4H3,(H,44,48)(H,45,49). The molecule has 14 heteroatoms. The number of carbonyl (C=O) groups is 4. The number of rotatable bonds is 24. The Balaban J connectivity index is 1.23. The highest BCUT2D eigenvalue weighted by Gasteiger charge is 2.35. The number of alkyl carbamates (subject to hydrolysis) is 2. The Morgan fingerprint density at radius 1 is 0.596 bits per heavy atom. The van der Waals surface area contributed by atoms with Crippen LogP contribution < -0.4 is 10.6 Å². The van der Waals surface area contributed by atoms with Crippen molar-refractivity contribution < 1.29 is 57.1 Å². The van der Waals surface area contributed by atoms with Gasteiger partial charge in [0.25, 0.3) is 0 Å². The molecule has 0 aromatic rings. The first kappa shape index (κ1) is 46.5. The van der Waals surface area contributed by atoms with Gasteiger partial charge in [0.05, 0.1) is 64.9 Å². The number of nitrogens with one attached hydrogen (secondary N) is 2. The number of ether oxygens (including phenoxy) is 8. The Bertz CT molecular complexity index is 1170. The molecule has 4 aliphatic rings. The number of carbonyl (C=O) groups excluding carboxylic acids is 4. The van der Waals surface area contributed by atoms with Crippen LogP contribution in [0.2, 0.25) is 0 Å². The summed E-state index contributed by atoms with van der Waals surface area (Å²) in [5, 5.41) is 5.23. The summed E-state index contributed by atoms with van der Waals surface area (Å²) in [6, 6.07) is 0. The summed E-state index contributed by atoms with van der Waals surface area (Å²) < 4.78 is 46.2. The topological polar surface area (TPSA) is 166 Å². The molecule has 4 rings (SSSR count). The van der Waals surface area contributed by atoms with Crippen molar-refractivity contribution in [1.29, 1.82) is 0 Å². The maximum atomic E-state index is 12.7. The summed E-state index contributed by atoms with van der Waals surface area (Å²) in [6.07, 6.45) is 16.5. The van der Waals surface area contributed by atoms with Gasteiger partial charge >= 0.3 is 24.1 Å². The lowest BCUT2D eigenvalue weighted by atomic mass is 9.70. The fourth-order valence-corrected chi connectivity index (χ4v) is 8.77. The SMILES string of the molecule is C=CC(=O)OCCNC(=O)OC(COCC(C)(C)COCC(COC1CCC2CCCCC2C1)OC(=O)NCCOC(=O)C=C)COC1CCC2CCCCC2C1. The third-order valence-corrected chi connectivity index (χ3v) is 11.7. The third-order valence-electron chi connectivity index (χ3n) is 11.7. The van der Waals surface area contributed by atoms with Crippen molar-refractivity contribution >= 4 is 24.1 Å². The lowest BCUT2D eigenvalue weighted by Gasteiger charge is -2.39. The van der Waals surface area contributed by atoms with Gasteiger partial charge in [0, 0.05) is 17.6 Å². The van der Waals surface area contributed by atoms with Gasteiger partial charge in [-0.25, -0.2) is 19.2 Å². The minimum Gasteiger partial charge on any atom is -0.461 e. The van der Waals surface area contributed by atoms with E-state index in [0.717, 1.165) is 49.7 Å². The molecule has 0 saturated heterocycles. The molecule has 0 aromatic carbocycles. The van der Waals surface area contributed by atoms with Crippen molar-refractivity contribution in [1.82, 2.24) is 10.6 Å². The molecule has 4 aliphatic carbocycles. The van der Waals surface area contributed by atoms with E-state index in [1.54, 1.807) is 0 Å². The van der Waals surface area contributed by atoms with Crippen molar-refractivity contribution in [2.45, 2.75) is 128 Å². The quantitative estimate of drug-likeness (QED) is 0.0475. The zero-order valence-corrected chi connectivity index (χ0v) is 34.6. The van der Waals surface area contributed by atoms with Gasteiger partial charge < -0.3 is 48.5 Å². The van der Waals surface area contributed by atoms with Crippen molar-refractivity contribution in [3.05, 3.63) is 25.3 Å². The number of fused-ring (bicyclic) bond motifs is 2. The molecule has 0 radical (unpaired) electrons. The van der Waals surface area contributed by atoms with Gasteiger partial charge in [-0.1, -0.05) is 78.4 Å². The average Bonchev–Trinajstić information content (AvgIpc) is 3.21. The molecule has 57 heavy (non-hydrogen) atoms. The first-order valence-corrected chi connectivity index (χ1v) is 21.4. The summed E-state index contributed by atoms with van der Waals surface area (Å²) in [5.41, 5.74) is -0.440. The normalized spacial score (nSPS) is 25.6. The molecule has 4 saturated carbocycles. The van der Waals surface area contributed by atoms with E-state index < -0.39 is 41.7 Å². The van der Waals surface area contributed by atoms with Crippen LogP contribution in [0.1, 0.15) is 104 Å². The Morgan fingerprint density at radius 2 is 1.00 bits per heavy atom. The minimum absolute atomic E-state index is 0.00613. The maximum absolute atomic E-state index is 12.7. The van der Waals surface area contributed by atoms with Crippen molar-refractivity contribution in [3.8, 4) is 0 Å². The summed E-state index contributed by atoms with van der Waals surface area (Å²) in [5.74, 6) is 1.87.